The normalized spacial score (nSPS) is 13.0. The largest absolute Gasteiger partial charge is 0.395 e. The number of carbonyl (C=O) groups is 1. The number of carbonyl (C=O) groups excluding carboxylic acids is 1. The second-order valence-corrected chi connectivity index (χ2v) is 1.20. The smallest absolute Gasteiger partial charge is 0.335 e. The second kappa shape index (κ2) is 5.16. The van der Waals surface area contributed by atoms with Crippen LogP contribution in [-0.2, 0) is 4.84 Å². The quantitative estimate of drug-likeness (QED) is 0.567. The molecule has 0 aromatic heterocycles. The minimum atomic E-state index is -0.598. The zero-order chi connectivity index (χ0) is 5.98. The first-order valence-electron chi connectivity index (χ1n) is 1.97. The van der Waals surface area contributed by atoms with E-state index < -0.39 is 6.03 Å². The van der Waals surface area contributed by atoms with Gasteiger partial charge >= 0.3 is 6.03 Å². The Hall–Kier alpha value is -0.650. The fraction of sp³-hybridized carbons (Fsp3) is 0. The van der Waals surface area contributed by atoms with Gasteiger partial charge in [0.15, 0.2) is 0 Å². The van der Waals surface area contributed by atoms with Gasteiger partial charge in [0.2, 0.25) is 0 Å². The number of hydrazine groups is 1. The molecule has 0 aromatic rings. The van der Waals surface area contributed by atoms with Crippen LogP contribution in [0, 0.1) is 0 Å². The van der Waals surface area contributed by atoms with Crippen LogP contribution in [0.3, 0.4) is 0 Å². The molecule has 0 radical (unpaired) electrons. The lowest BCUT2D eigenvalue weighted by Crippen LogP contribution is -2.37. The highest BCUT2D eigenvalue weighted by molar-refractivity contribution is 5.85. The summed E-state index contributed by atoms with van der Waals surface area (Å²) in [7, 11) is 0. The number of halogens is 2. The van der Waals surface area contributed by atoms with Crippen LogP contribution in [0.1, 0.15) is 0 Å². The van der Waals surface area contributed by atoms with Crippen molar-refractivity contribution in [2.45, 2.75) is 0 Å². The number of hydrogen-bond donors (Lipinski definition) is 2. The average Bonchev–Trinajstić information content (AvgIpc) is 2.12. The highest BCUT2D eigenvalue weighted by Crippen LogP contribution is 1.91. The summed E-state index contributed by atoms with van der Waals surface area (Å²) >= 11 is 0. The van der Waals surface area contributed by atoms with Crippen LogP contribution in [0.15, 0.2) is 12.5 Å². The van der Waals surface area contributed by atoms with Gasteiger partial charge < -0.3 is 10.6 Å². The van der Waals surface area contributed by atoms with Crippen LogP contribution in [0.2, 0.25) is 0 Å². The number of nitrogens with one attached hydrogen (secondary N) is 1. The van der Waals surface area contributed by atoms with Gasteiger partial charge in [-0.3, -0.25) is 0 Å². The summed E-state index contributed by atoms with van der Waals surface area (Å²) in [4.78, 5) is 14.6. The summed E-state index contributed by atoms with van der Waals surface area (Å²) in [5, 5.41) is 1.01. The van der Waals surface area contributed by atoms with E-state index in [2.05, 4.69) is 10.4 Å². The monoisotopic (exact) mass is 187 g/mol. The third-order valence-electron chi connectivity index (χ3n) is 0.666. The number of primary amides is 1. The van der Waals surface area contributed by atoms with Crippen molar-refractivity contribution in [2.75, 3.05) is 0 Å². The molecule has 10 heavy (non-hydrogen) atoms. The summed E-state index contributed by atoms with van der Waals surface area (Å²) in [6.07, 6.45) is 2.69. The summed E-state index contributed by atoms with van der Waals surface area (Å²) in [5.74, 6) is 0. The van der Waals surface area contributed by atoms with E-state index >= 15 is 0 Å². The van der Waals surface area contributed by atoms with E-state index in [0.717, 1.165) is 5.01 Å². The van der Waals surface area contributed by atoms with Crippen molar-refractivity contribution >= 4 is 30.8 Å². The molecule has 1 heterocycles. The minimum absolute atomic E-state index is 0. The molecule has 0 aromatic carbocycles. The lowest BCUT2D eigenvalue weighted by Gasteiger charge is -2.05. The first kappa shape index (κ1) is 12.1. The van der Waals surface area contributed by atoms with Gasteiger partial charge in [-0.1, -0.05) is 5.59 Å². The number of nitrogens with zero attached hydrogens (tertiary/aromatic N) is 1. The Labute approximate surface area is 69.9 Å². The van der Waals surface area contributed by atoms with Crippen molar-refractivity contribution < 1.29 is 9.63 Å². The molecule has 0 unspecified atom stereocenters. The molecule has 3 N–H and O–H groups in total. The molecule has 5 nitrogen and oxygen atoms in total. The average molecular weight is 188 g/mol. The van der Waals surface area contributed by atoms with Crippen LogP contribution < -0.4 is 11.3 Å². The standard InChI is InChI=1S/C3H5N3O2.2ClH/c4-3(7)6-1-2-8-5-6;;/h1-2,5H,(H2,4,7);2*1H. The van der Waals surface area contributed by atoms with Crippen LogP contribution in [0.5, 0.6) is 0 Å². The van der Waals surface area contributed by atoms with Crippen molar-refractivity contribution in [2.24, 2.45) is 5.73 Å². The molecule has 0 aliphatic carbocycles. The number of urea groups is 1. The van der Waals surface area contributed by atoms with Gasteiger partial charge in [0, 0.05) is 0 Å². The summed E-state index contributed by atoms with van der Waals surface area (Å²) in [6.45, 7) is 0. The lowest BCUT2D eigenvalue weighted by molar-refractivity contribution is 0.0590. The molecule has 1 aliphatic rings. The fourth-order valence-corrected chi connectivity index (χ4v) is 0.327. The number of hydrogen-bond acceptors (Lipinski definition) is 3. The minimum Gasteiger partial charge on any atom is -0.395 e. The Balaban J connectivity index is 0. The Morgan fingerprint density at radius 1 is 1.60 bits per heavy atom. The van der Waals surface area contributed by atoms with Crippen LogP contribution in [0.4, 0.5) is 4.79 Å². The highest BCUT2D eigenvalue weighted by atomic mass is 35.5. The van der Waals surface area contributed by atoms with Crippen LogP contribution in [0.25, 0.3) is 0 Å². The number of amides is 2. The predicted molar refractivity (Wildman–Crippen MR) is 39.3 cm³/mol. The maximum atomic E-state index is 10.2. The molecular weight excluding hydrogens is 181 g/mol. The van der Waals surface area contributed by atoms with Gasteiger partial charge in [0.05, 0.1) is 6.20 Å². The van der Waals surface area contributed by atoms with Crippen molar-refractivity contribution in [3.05, 3.63) is 12.5 Å². The van der Waals surface area contributed by atoms with E-state index in [1.54, 1.807) is 0 Å². The molecule has 60 valence electrons. The summed E-state index contributed by atoms with van der Waals surface area (Å²) in [6, 6.07) is -0.598. The number of rotatable bonds is 0. The molecule has 1 aliphatic heterocycles. The fourth-order valence-electron chi connectivity index (χ4n) is 0.327. The summed E-state index contributed by atoms with van der Waals surface area (Å²) in [5.41, 5.74) is 6.99. The zero-order valence-electron chi connectivity index (χ0n) is 4.81. The summed E-state index contributed by atoms with van der Waals surface area (Å²) < 4.78 is 0. The van der Waals surface area contributed by atoms with E-state index in [4.69, 9.17) is 5.73 Å². The SMILES string of the molecule is Cl.Cl.NC(=O)N1C=CON1. The van der Waals surface area contributed by atoms with Crippen molar-refractivity contribution in [1.82, 2.24) is 10.6 Å². The predicted octanol–water partition coefficient (Wildman–Crippen LogP) is 0.132. The molecule has 0 fully saturated rings. The lowest BCUT2D eigenvalue weighted by atomic mass is 10.9. The Morgan fingerprint density at radius 3 is 2.40 bits per heavy atom. The molecule has 0 saturated carbocycles. The van der Waals surface area contributed by atoms with Crippen molar-refractivity contribution in [3.63, 3.8) is 0 Å². The van der Waals surface area contributed by atoms with Crippen molar-refractivity contribution in [1.29, 1.82) is 0 Å². The first-order chi connectivity index (χ1) is 3.80. The molecule has 7 heteroatoms. The Kier molecular flexibility index (Phi) is 6.23. The topological polar surface area (TPSA) is 67.6 Å². The maximum absolute atomic E-state index is 10.2. The van der Waals surface area contributed by atoms with E-state index in [-0.39, 0.29) is 24.8 Å². The van der Waals surface area contributed by atoms with E-state index in [1.807, 2.05) is 0 Å². The zero-order valence-corrected chi connectivity index (χ0v) is 6.45. The molecule has 0 saturated heterocycles. The second-order valence-electron chi connectivity index (χ2n) is 1.20. The van der Waals surface area contributed by atoms with Gasteiger partial charge in [-0.25, -0.2) is 4.79 Å². The Morgan fingerprint density at radius 2 is 2.20 bits per heavy atom. The van der Waals surface area contributed by atoms with Gasteiger partial charge in [-0.2, -0.15) is 5.01 Å². The van der Waals surface area contributed by atoms with Crippen molar-refractivity contribution in [3.8, 4) is 0 Å². The van der Waals surface area contributed by atoms with Gasteiger partial charge in [-0.15, -0.1) is 24.8 Å². The van der Waals surface area contributed by atoms with E-state index in [0.29, 0.717) is 0 Å². The van der Waals surface area contributed by atoms with Gasteiger partial charge in [0.1, 0.15) is 6.26 Å². The van der Waals surface area contributed by atoms with Gasteiger partial charge in [0.25, 0.3) is 0 Å². The molecule has 0 bridgehead atoms. The third kappa shape index (κ3) is 2.77. The molecular formula is C3H7Cl2N3O2. The third-order valence-corrected chi connectivity index (χ3v) is 0.666. The van der Waals surface area contributed by atoms with E-state index in [1.165, 1.54) is 12.5 Å². The maximum Gasteiger partial charge on any atom is 0.335 e. The van der Waals surface area contributed by atoms with E-state index in [9.17, 15) is 4.79 Å². The molecule has 0 spiro atoms. The molecule has 0 atom stereocenters. The number of nitrogens with two attached hydrogens (primary N) is 1. The Bertz CT molecular complexity index is 140. The van der Waals surface area contributed by atoms with Crippen LogP contribution >= 0.6 is 24.8 Å². The molecule has 2 amide bonds. The highest BCUT2D eigenvalue weighted by Gasteiger charge is 2.08. The van der Waals surface area contributed by atoms with Gasteiger partial charge in [-0.05, 0) is 0 Å². The molecule has 1 rings (SSSR count). The first-order valence-corrected chi connectivity index (χ1v) is 1.97. The van der Waals surface area contributed by atoms with Crippen LogP contribution in [-0.4, -0.2) is 11.0 Å².